The van der Waals surface area contributed by atoms with Crippen LogP contribution in [-0.4, -0.2) is 30.8 Å². The predicted octanol–water partition coefficient (Wildman–Crippen LogP) is 3.65. The van der Waals surface area contributed by atoms with Crippen LogP contribution in [0.25, 0.3) is 0 Å². The Labute approximate surface area is 114 Å². The molecule has 2 saturated heterocycles. The van der Waals surface area contributed by atoms with Crippen LogP contribution in [0.3, 0.4) is 0 Å². The van der Waals surface area contributed by atoms with Crippen molar-refractivity contribution in [3.05, 3.63) is 34.9 Å². The van der Waals surface area contributed by atoms with E-state index in [1.165, 1.54) is 18.4 Å². The van der Waals surface area contributed by atoms with Crippen LogP contribution >= 0.6 is 11.6 Å². The average molecular weight is 266 g/mol. The van der Waals surface area contributed by atoms with Crippen LogP contribution in [0.15, 0.2) is 24.3 Å². The predicted molar refractivity (Wildman–Crippen MR) is 74.0 cm³/mol. The summed E-state index contributed by atoms with van der Waals surface area (Å²) < 4.78 is 5.86. The number of halogens is 1. The van der Waals surface area contributed by atoms with Crippen molar-refractivity contribution in [2.45, 2.75) is 43.4 Å². The summed E-state index contributed by atoms with van der Waals surface area (Å²) >= 11 is 5.97. The minimum absolute atomic E-state index is 0.0345. The molecule has 0 radical (unpaired) electrons. The van der Waals surface area contributed by atoms with E-state index in [1.54, 1.807) is 0 Å². The monoisotopic (exact) mass is 265 g/mol. The summed E-state index contributed by atoms with van der Waals surface area (Å²) in [7, 11) is 4.06. The van der Waals surface area contributed by atoms with Crippen molar-refractivity contribution >= 4 is 11.6 Å². The highest BCUT2D eigenvalue weighted by molar-refractivity contribution is 6.30. The third-order valence-corrected chi connectivity index (χ3v) is 5.15. The van der Waals surface area contributed by atoms with Crippen LogP contribution in [0.2, 0.25) is 5.02 Å². The fraction of sp³-hybridized carbons (Fsp3) is 0.600. The van der Waals surface area contributed by atoms with Gasteiger partial charge in [0.25, 0.3) is 0 Å². The molecule has 3 heteroatoms. The van der Waals surface area contributed by atoms with Gasteiger partial charge in [-0.05, 0) is 56.3 Å². The molecule has 2 aliphatic rings. The summed E-state index contributed by atoms with van der Waals surface area (Å²) in [4.78, 5) is 2.44. The van der Waals surface area contributed by atoms with E-state index in [9.17, 15) is 0 Å². The van der Waals surface area contributed by atoms with E-state index in [4.69, 9.17) is 16.3 Å². The standard InChI is InChI=1S/C15H20ClNO/c1-17-14-7-8-15(17,18-2)10-12(9-14)11-3-5-13(16)6-4-11/h3-6,12,14H,7-10H2,1-2H3/t12-,14-,15-/m0/s1. The molecule has 0 saturated carbocycles. The lowest BCUT2D eigenvalue weighted by molar-refractivity contribution is -0.137. The van der Waals surface area contributed by atoms with Gasteiger partial charge in [-0.2, -0.15) is 0 Å². The lowest BCUT2D eigenvalue weighted by atomic mass is 9.84. The molecule has 2 fully saturated rings. The first kappa shape index (κ1) is 12.5. The van der Waals surface area contributed by atoms with Crippen molar-refractivity contribution < 1.29 is 4.74 Å². The van der Waals surface area contributed by atoms with Crippen molar-refractivity contribution in [2.24, 2.45) is 0 Å². The number of hydrogen-bond donors (Lipinski definition) is 0. The molecule has 2 nitrogen and oxygen atoms in total. The molecular formula is C15H20ClNO. The number of ether oxygens (including phenoxy) is 1. The van der Waals surface area contributed by atoms with Gasteiger partial charge in [-0.25, -0.2) is 0 Å². The molecule has 0 N–H and O–H groups in total. The van der Waals surface area contributed by atoms with Gasteiger partial charge in [-0.1, -0.05) is 23.7 Å². The second-order valence-corrected chi connectivity index (χ2v) is 6.08. The van der Waals surface area contributed by atoms with Crippen molar-refractivity contribution in [2.75, 3.05) is 14.2 Å². The van der Waals surface area contributed by atoms with E-state index in [0.29, 0.717) is 12.0 Å². The lowest BCUT2D eigenvalue weighted by Gasteiger charge is -2.45. The van der Waals surface area contributed by atoms with Crippen LogP contribution in [-0.2, 0) is 4.74 Å². The molecule has 18 heavy (non-hydrogen) atoms. The molecule has 0 amide bonds. The zero-order valence-electron chi connectivity index (χ0n) is 11.0. The molecule has 0 aromatic heterocycles. The van der Waals surface area contributed by atoms with E-state index in [2.05, 4.69) is 24.1 Å². The van der Waals surface area contributed by atoms with Gasteiger partial charge in [-0.15, -0.1) is 0 Å². The summed E-state index contributed by atoms with van der Waals surface area (Å²) in [6.07, 6.45) is 4.75. The minimum Gasteiger partial charge on any atom is -0.364 e. The molecule has 1 aromatic rings. The molecule has 98 valence electrons. The van der Waals surface area contributed by atoms with Crippen LogP contribution in [0.4, 0.5) is 0 Å². The largest absolute Gasteiger partial charge is 0.364 e. The van der Waals surface area contributed by atoms with Crippen LogP contribution in [0.5, 0.6) is 0 Å². The summed E-state index contributed by atoms with van der Waals surface area (Å²) in [5.74, 6) is 0.603. The van der Waals surface area contributed by atoms with Gasteiger partial charge < -0.3 is 4.74 Å². The first-order chi connectivity index (χ1) is 8.64. The average Bonchev–Trinajstić information content (AvgIpc) is 2.60. The third-order valence-electron chi connectivity index (χ3n) is 4.90. The van der Waals surface area contributed by atoms with Crippen molar-refractivity contribution in [1.82, 2.24) is 4.90 Å². The summed E-state index contributed by atoms with van der Waals surface area (Å²) in [5, 5.41) is 0.816. The molecule has 0 aliphatic carbocycles. The van der Waals surface area contributed by atoms with Crippen molar-refractivity contribution in [3.63, 3.8) is 0 Å². The summed E-state index contributed by atoms with van der Waals surface area (Å²) in [5.41, 5.74) is 1.37. The third kappa shape index (κ3) is 1.87. The lowest BCUT2D eigenvalue weighted by Crippen LogP contribution is -2.51. The first-order valence-corrected chi connectivity index (χ1v) is 7.06. The van der Waals surface area contributed by atoms with Gasteiger partial charge in [0.2, 0.25) is 0 Å². The van der Waals surface area contributed by atoms with Gasteiger partial charge >= 0.3 is 0 Å². The normalized spacial score (nSPS) is 35.9. The van der Waals surface area contributed by atoms with Crippen LogP contribution in [0, 0.1) is 0 Å². The Morgan fingerprint density at radius 2 is 2.06 bits per heavy atom. The van der Waals surface area contributed by atoms with E-state index in [-0.39, 0.29) is 5.72 Å². The Kier molecular flexibility index (Phi) is 3.13. The van der Waals surface area contributed by atoms with E-state index >= 15 is 0 Å². The molecular weight excluding hydrogens is 246 g/mol. The maximum atomic E-state index is 5.97. The molecule has 2 heterocycles. The zero-order valence-corrected chi connectivity index (χ0v) is 11.8. The Morgan fingerprint density at radius 1 is 1.33 bits per heavy atom. The van der Waals surface area contributed by atoms with E-state index in [1.807, 2.05) is 19.2 Å². The number of methoxy groups -OCH3 is 1. The van der Waals surface area contributed by atoms with Crippen molar-refractivity contribution in [1.29, 1.82) is 0 Å². The number of benzene rings is 1. The fourth-order valence-corrected chi connectivity index (χ4v) is 3.86. The number of rotatable bonds is 2. The number of fused-ring (bicyclic) bond motifs is 2. The van der Waals surface area contributed by atoms with Gasteiger partial charge in [0.1, 0.15) is 5.72 Å². The van der Waals surface area contributed by atoms with Crippen LogP contribution in [0.1, 0.15) is 37.2 Å². The molecule has 0 spiro atoms. The summed E-state index contributed by atoms with van der Waals surface area (Å²) in [6.45, 7) is 0. The Hall–Kier alpha value is -0.570. The Morgan fingerprint density at radius 3 is 2.72 bits per heavy atom. The Balaban J connectivity index is 1.86. The van der Waals surface area contributed by atoms with Crippen LogP contribution < -0.4 is 0 Å². The zero-order chi connectivity index (χ0) is 12.8. The van der Waals surface area contributed by atoms with E-state index < -0.39 is 0 Å². The Bertz CT molecular complexity index is 433. The summed E-state index contributed by atoms with van der Waals surface area (Å²) in [6, 6.07) is 8.99. The molecule has 2 aliphatic heterocycles. The first-order valence-electron chi connectivity index (χ1n) is 6.68. The molecule has 0 unspecified atom stereocenters. The second kappa shape index (κ2) is 4.52. The highest BCUT2D eigenvalue weighted by Crippen LogP contribution is 2.49. The number of hydrogen-bond acceptors (Lipinski definition) is 2. The van der Waals surface area contributed by atoms with Gasteiger partial charge in [0.15, 0.2) is 0 Å². The highest BCUT2D eigenvalue weighted by atomic mass is 35.5. The van der Waals surface area contributed by atoms with E-state index in [0.717, 1.165) is 17.9 Å². The van der Waals surface area contributed by atoms with Gasteiger partial charge in [0, 0.05) is 18.2 Å². The maximum absolute atomic E-state index is 5.97. The second-order valence-electron chi connectivity index (χ2n) is 5.64. The molecule has 3 atom stereocenters. The molecule has 2 bridgehead atoms. The quantitative estimate of drug-likeness (QED) is 0.809. The molecule has 3 rings (SSSR count). The van der Waals surface area contributed by atoms with Crippen molar-refractivity contribution in [3.8, 4) is 0 Å². The maximum Gasteiger partial charge on any atom is 0.121 e. The van der Waals surface area contributed by atoms with Gasteiger partial charge in [-0.3, -0.25) is 4.90 Å². The fourth-order valence-electron chi connectivity index (χ4n) is 3.73. The molecule has 1 aromatic carbocycles. The number of piperidine rings is 1. The number of nitrogens with zero attached hydrogens (tertiary/aromatic N) is 1. The SMILES string of the molecule is CO[C@@]12CC[C@@H](C[C@H](c3ccc(Cl)cc3)C1)N2C. The highest BCUT2D eigenvalue weighted by Gasteiger charge is 2.50. The minimum atomic E-state index is -0.0345. The van der Waals surface area contributed by atoms with Gasteiger partial charge in [0.05, 0.1) is 0 Å². The smallest absolute Gasteiger partial charge is 0.121 e. The topological polar surface area (TPSA) is 12.5 Å².